The molecule has 0 saturated carbocycles. The van der Waals surface area contributed by atoms with Gasteiger partial charge in [0.2, 0.25) is 5.91 Å². The topological polar surface area (TPSA) is 71.0 Å². The molecule has 1 fully saturated rings. The Morgan fingerprint density at radius 3 is 2.58 bits per heavy atom. The largest absolute Gasteiger partial charge is 0.392 e. The fraction of sp³-hybridized carbons (Fsp3) is 0.400. The number of ether oxygens (including phenoxy) is 2. The molecule has 6 heteroatoms. The summed E-state index contributed by atoms with van der Waals surface area (Å²) in [5.74, 6) is -0.0101. The van der Waals surface area contributed by atoms with Crippen molar-refractivity contribution in [1.82, 2.24) is 4.90 Å². The van der Waals surface area contributed by atoms with Gasteiger partial charge in [-0.3, -0.25) is 4.79 Å². The highest BCUT2D eigenvalue weighted by Gasteiger charge is 2.38. The molecule has 2 aromatic rings. The number of carbonyl (C=O) groups excluding carboxylic acids is 1. The highest BCUT2D eigenvalue weighted by atomic mass is 16.7. The minimum atomic E-state index is -0.561. The van der Waals surface area contributed by atoms with Crippen molar-refractivity contribution in [2.24, 2.45) is 5.92 Å². The van der Waals surface area contributed by atoms with Gasteiger partial charge in [-0.15, -0.1) is 6.58 Å². The molecule has 0 aromatic heterocycles. The van der Waals surface area contributed by atoms with Crippen LogP contribution in [0, 0.1) is 5.92 Å². The quantitative estimate of drug-likeness (QED) is 0.626. The molecule has 0 bridgehead atoms. The van der Waals surface area contributed by atoms with Crippen molar-refractivity contribution in [2.45, 2.75) is 39.0 Å². The number of aliphatic hydroxyl groups excluding tert-OH is 1. The van der Waals surface area contributed by atoms with Gasteiger partial charge in [0.1, 0.15) is 0 Å². The Hall–Kier alpha value is -2.51. The highest BCUT2D eigenvalue weighted by molar-refractivity contribution is 5.88. The molecule has 1 amide bonds. The Morgan fingerprint density at radius 1 is 1.19 bits per heavy atom. The Labute approximate surface area is 184 Å². The van der Waals surface area contributed by atoms with Gasteiger partial charge in [0, 0.05) is 37.2 Å². The van der Waals surface area contributed by atoms with Gasteiger partial charge in [-0.05, 0) is 30.3 Å². The summed E-state index contributed by atoms with van der Waals surface area (Å²) < 4.78 is 12.8. The van der Waals surface area contributed by atoms with Gasteiger partial charge in [-0.1, -0.05) is 49.4 Å². The van der Waals surface area contributed by atoms with Gasteiger partial charge in [0.25, 0.3) is 0 Å². The van der Waals surface area contributed by atoms with Crippen LogP contribution in [0.3, 0.4) is 0 Å². The highest BCUT2D eigenvalue weighted by Crippen LogP contribution is 2.42. The standard InChI is InChI=1S/C25H32N2O4/c1-5-13-27(4)15-23-17(2)24(20-11-9-19(16-28)10-12-20)31-25(30-23)21-7-6-8-22(14-21)26-18(3)29/h5-12,14,17,23-25,28H,1,13,15-16H2,2-4H3,(H,26,29)/t17-,23+,24+,25+/m1/s1. The van der Waals surface area contributed by atoms with E-state index in [1.165, 1.54) is 6.92 Å². The molecule has 4 atom stereocenters. The van der Waals surface area contributed by atoms with Crippen molar-refractivity contribution in [1.29, 1.82) is 0 Å². The Morgan fingerprint density at radius 2 is 1.94 bits per heavy atom. The van der Waals surface area contributed by atoms with Gasteiger partial charge in [0.05, 0.1) is 18.8 Å². The van der Waals surface area contributed by atoms with Crippen LogP contribution in [0.2, 0.25) is 0 Å². The van der Waals surface area contributed by atoms with Crippen LogP contribution < -0.4 is 5.32 Å². The zero-order chi connectivity index (χ0) is 22.4. The molecular weight excluding hydrogens is 392 g/mol. The van der Waals surface area contributed by atoms with E-state index in [0.717, 1.165) is 29.8 Å². The molecule has 0 aliphatic carbocycles. The lowest BCUT2D eigenvalue weighted by molar-refractivity contribution is -0.275. The third kappa shape index (κ3) is 6.02. The van der Waals surface area contributed by atoms with Gasteiger partial charge in [-0.25, -0.2) is 0 Å². The maximum atomic E-state index is 11.5. The number of benzene rings is 2. The average Bonchev–Trinajstić information content (AvgIpc) is 2.75. The molecule has 1 aliphatic rings. The van der Waals surface area contributed by atoms with Crippen LogP contribution in [-0.4, -0.2) is 42.2 Å². The van der Waals surface area contributed by atoms with Crippen molar-refractivity contribution in [3.63, 3.8) is 0 Å². The Bertz CT molecular complexity index is 883. The van der Waals surface area contributed by atoms with E-state index in [2.05, 4.69) is 23.7 Å². The van der Waals surface area contributed by atoms with E-state index in [1.807, 2.05) is 61.7 Å². The molecule has 1 heterocycles. The number of nitrogens with zero attached hydrogens (tertiary/aromatic N) is 1. The Balaban J connectivity index is 1.89. The van der Waals surface area contributed by atoms with Crippen molar-refractivity contribution in [3.05, 3.63) is 77.9 Å². The normalized spacial score (nSPS) is 23.5. The monoisotopic (exact) mass is 424 g/mol. The number of amides is 1. The van der Waals surface area contributed by atoms with Crippen LogP contribution in [-0.2, 0) is 20.9 Å². The maximum Gasteiger partial charge on any atom is 0.221 e. The maximum absolute atomic E-state index is 11.5. The SMILES string of the molecule is C=CCN(C)C[C@@H]1O[C@H](c2cccc(NC(C)=O)c2)O[C@H](c2ccc(CO)cc2)[C@@H]1C. The van der Waals surface area contributed by atoms with E-state index in [4.69, 9.17) is 9.47 Å². The summed E-state index contributed by atoms with van der Waals surface area (Å²) in [5, 5.41) is 12.2. The first-order valence-corrected chi connectivity index (χ1v) is 10.6. The third-order valence-corrected chi connectivity index (χ3v) is 5.53. The first-order chi connectivity index (χ1) is 14.9. The number of rotatable bonds is 8. The molecule has 0 spiro atoms. The molecule has 166 valence electrons. The van der Waals surface area contributed by atoms with E-state index in [9.17, 15) is 9.90 Å². The molecule has 31 heavy (non-hydrogen) atoms. The van der Waals surface area contributed by atoms with Gasteiger partial charge in [0.15, 0.2) is 6.29 Å². The van der Waals surface area contributed by atoms with E-state index in [1.54, 1.807) is 0 Å². The van der Waals surface area contributed by atoms with Crippen molar-refractivity contribution >= 4 is 11.6 Å². The average molecular weight is 425 g/mol. The summed E-state index contributed by atoms with van der Waals surface area (Å²) in [6, 6.07) is 15.4. The number of nitrogens with one attached hydrogen (secondary N) is 1. The van der Waals surface area contributed by atoms with Crippen LogP contribution in [0.1, 0.15) is 42.9 Å². The minimum absolute atomic E-state index is 0.0119. The summed E-state index contributed by atoms with van der Waals surface area (Å²) in [5.41, 5.74) is 3.48. The molecule has 3 rings (SSSR count). The fourth-order valence-electron chi connectivity index (χ4n) is 3.90. The Kier molecular flexibility index (Phi) is 7.98. The van der Waals surface area contributed by atoms with Crippen LogP contribution in [0.4, 0.5) is 5.69 Å². The predicted octanol–water partition coefficient (Wildman–Crippen LogP) is 4.05. The van der Waals surface area contributed by atoms with E-state index in [0.29, 0.717) is 5.69 Å². The van der Waals surface area contributed by atoms with Crippen LogP contribution in [0.5, 0.6) is 0 Å². The van der Waals surface area contributed by atoms with Crippen molar-refractivity contribution in [3.8, 4) is 0 Å². The number of aliphatic hydroxyl groups is 1. The van der Waals surface area contributed by atoms with Crippen LogP contribution >= 0.6 is 0 Å². The molecule has 0 unspecified atom stereocenters. The van der Waals surface area contributed by atoms with Crippen molar-refractivity contribution in [2.75, 3.05) is 25.5 Å². The molecule has 1 aliphatic heterocycles. The van der Waals surface area contributed by atoms with Crippen LogP contribution in [0.15, 0.2) is 61.2 Å². The second kappa shape index (κ2) is 10.7. The fourth-order valence-corrected chi connectivity index (χ4v) is 3.90. The van der Waals surface area contributed by atoms with E-state index in [-0.39, 0.29) is 30.6 Å². The predicted molar refractivity (Wildman–Crippen MR) is 121 cm³/mol. The summed E-state index contributed by atoms with van der Waals surface area (Å²) in [6.07, 6.45) is 1.09. The first kappa shape index (κ1) is 23.2. The molecule has 2 aromatic carbocycles. The van der Waals surface area contributed by atoms with Gasteiger partial charge in [-0.2, -0.15) is 0 Å². The smallest absolute Gasteiger partial charge is 0.221 e. The second-order valence-electron chi connectivity index (χ2n) is 8.14. The zero-order valence-corrected chi connectivity index (χ0v) is 18.5. The van der Waals surface area contributed by atoms with Gasteiger partial charge >= 0.3 is 0 Å². The lowest BCUT2D eigenvalue weighted by atomic mass is 9.90. The summed E-state index contributed by atoms with van der Waals surface area (Å²) in [7, 11) is 2.05. The summed E-state index contributed by atoms with van der Waals surface area (Å²) in [4.78, 5) is 13.6. The molecular formula is C25H32N2O4. The number of hydrogen-bond donors (Lipinski definition) is 2. The first-order valence-electron chi connectivity index (χ1n) is 10.6. The zero-order valence-electron chi connectivity index (χ0n) is 18.5. The van der Waals surface area contributed by atoms with Crippen molar-refractivity contribution < 1.29 is 19.4 Å². The number of anilines is 1. The number of likely N-dealkylation sites (N-methyl/N-ethyl adjacent to an activating group) is 1. The lowest BCUT2D eigenvalue weighted by Gasteiger charge is -2.42. The third-order valence-electron chi connectivity index (χ3n) is 5.53. The van der Waals surface area contributed by atoms with E-state index < -0.39 is 6.29 Å². The van der Waals surface area contributed by atoms with Gasteiger partial charge < -0.3 is 24.8 Å². The lowest BCUT2D eigenvalue weighted by Crippen LogP contribution is -2.43. The van der Waals surface area contributed by atoms with Crippen LogP contribution in [0.25, 0.3) is 0 Å². The number of carbonyl (C=O) groups is 1. The number of hydrogen-bond acceptors (Lipinski definition) is 5. The molecule has 2 N–H and O–H groups in total. The molecule has 0 radical (unpaired) electrons. The summed E-state index contributed by atoms with van der Waals surface area (Å²) in [6.45, 7) is 8.97. The summed E-state index contributed by atoms with van der Waals surface area (Å²) >= 11 is 0. The molecule has 6 nitrogen and oxygen atoms in total. The van der Waals surface area contributed by atoms with E-state index >= 15 is 0 Å². The minimum Gasteiger partial charge on any atom is -0.392 e. The second-order valence-corrected chi connectivity index (χ2v) is 8.14. The molecule has 1 saturated heterocycles.